The first kappa shape index (κ1) is 14.2. The van der Waals surface area contributed by atoms with Gasteiger partial charge in [0, 0.05) is 31.1 Å². The van der Waals surface area contributed by atoms with Crippen molar-refractivity contribution >= 4 is 16.8 Å². The number of carbonyl (C=O) groups is 1. The standard InChI is InChI=1S/C14H17N7O/c1-15-5-6-16-14(22)9-3-4-11-10(7-9)13(19-17-11)12-8-21(2)20-18-12/h3-4,7-8,15H,5-6H2,1-2H3,(H,16,22)(H,17,19). The zero-order valence-corrected chi connectivity index (χ0v) is 12.4. The Labute approximate surface area is 126 Å². The molecule has 0 aliphatic carbocycles. The summed E-state index contributed by atoms with van der Waals surface area (Å²) in [7, 11) is 3.64. The smallest absolute Gasteiger partial charge is 0.251 e. The van der Waals surface area contributed by atoms with Crippen LogP contribution in [0.4, 0.5) is 0 Å². The van der Waals surface area contributed by atoms with Gasteiger partial charge in [0.25, 0.3) is 5.91 Å². The number of rotatable bonds is 5. The van der Waals surface area contributed by atoms with E-state index in [-0.39, 0.29) is 5.91 Å². The van der Waals surface area contributed by atoms with Gasteiger partial charge in [-0.3, -0.25) is 14.6 Å². The van der Waals surface area contributed by atoms with Gasteiger partial charge in [-0.25, -0.2) is 0 Å². The van der Waals surface area contributed by atoms with Crippen LogP contribution >= 0.6 is 0 Å². The summed E-state index contributed by atoms with van der Waals surface area (Å²) in [6.07, 6.45) is 1.79. The Bertz CT molecular complexity index is 804. The Morgan fingerprint density at radius 2 is 2.23 bits per heavy atom. The van der Waals surface area contributed by atoms with E-state index in [1.807, 2.05) is 19.2 Å². The van der Waals surface area contributed by atoms with Crippen LogP contribution in [0.25, 0.3) is 22.3 Å². The monoisotopic (exact) mass is 299 g/mol. The number of aryl methyl sites for hydroxylation is 1. The van der Waals surface area contributed by atoms with Crippen LogP contribution in [0.1, 0.15) is 10.4 Å². The number of H-pyrrole nitrogens is 1. The third-order valence-electron chi connectivity index (χ3n) is 3.33. The molecule has 1 amide bonds. The molecule has 0 atom stereocenters. The predicted octanol–water partition coefficient (Wildman–Crippen LogP) is 0.308. The SMILES string of the molecule is CNCCNC(=O)c1ccc2[nH]nc(-c3cn(C)nn3)c2c1. The maximum atomic E-state index is 12.1. The molecule has 0 saturated carbocycles. The van der Waals surface area contributed by atoms with Gasteiger partial charge >= 0.3 is 0 Å². The Morgan fingerprint density at radius 1 is 1.36 bits per heavy atom. The molecule has 0 spiro atoms. The summed E-state index contributed by atoms with van der Waals surface area (Å²) in [5.41, 5.74) is 2.80. The number of aromatic nitrogens is 5. The molecule has 0 aliphatic rings. The van der Waals surface area contributed by atoms with Gasteiger partial charge in [-0.1, -0.05) is 5.21 Å². The number of benzene rings is 1. The fourth-order valence-corrected chi connectivity index (χ4v) is 2.21. The number of fused-ring (bicyclic) bond motifs is 1. The van der Waals surface area contributed by atoms with Crippen molar-refractivity contribution in [3.63, 3.8) is 0 Å². The topological polar surface area (TPSA) is 101 Å². The van der Waals surface area contributed by atoms with E-state index in [1.165, 1.54) is 0 Å². The number of likely N-dealkylation sites (N-methyl/N-ethyl adjacent to an activating group) is 1. The molecule has 0 fully saturated rings. The minimum absolute atomic E-state index is 0.108. The molecule has 2 aromatic heterocycles. The highest BCUT2D eigenvalue weighted by Crippen LogP contribution is 2.25. The number of nitrogens with zero attached hydrogens (tertiary/aromatic N) is 4. The van der Waals surface area contributed by atoms with Gasteiger partial charge in [-0.2, -0.15) is 5.10 Å². The lowest BCUT2D eigenvalue weighted by atomic mass is 10.1. The molecule has 8 nitrogen and oxygen atoms in total. The molecule has 1 aromatic carbocycles. The lowest BCUT2D eigenvalue weighted by molar-refractivity contribution is 0.0954. The molecule has 114 valence electrons. The number of hydrogen-bond donors (Lipinski definition) is 3. The number of amides is 1. The molecule has 3 aromatic rings. The molecule has 2 heterocycles. The Hall–Kier alpha value is -2.74. The minimum Gasteiger partial charge on any atom is -0.351 e. The molecule has 0 aliphatic heterocycles. The maximum absolute atomic E-state index is 12.1. The summed E-state index contributed by atoms with van der Waals surface area (Å²) in [6, 6.07) is 5.43. The molecule has 3 rings (SSSR count). The van der Waals surface area contributed by atoms with Crippen LogP contribution in [-0.2, 0) is 7.05 Å². The predicted molar refractivity (Wildman–Crippen MR) is 82.4 cm³/mol. The average molecular weight is 299 g/mol. The van der Waals surface area contributed by atoms with E-state index in [0.29, 0.717) is 23.5 Å². The normalized spacial score (nSPS) is 11.0. The van der Waals surface area contributed by atoms with Gasteiger partial charge < -0.3 is 10.6 Å². The van der Waals surface area contributed by atoms with Gasteiger partial charge in [-0.15, -0.1) is 5.10 Å². The van der Waals surface area contributed by atoms with E-state index < -0.39 is 0 Å². The highest BCUT2D eigenvalue weighted by Gasteiger charge is 2.14. The van der Waals surface area contributed by atoms with Crippen molar-refractivity contribution in [2.24, 2.45) is 7.05 Å². The van der Waals surface area contributed by atoms with E-state index in [0.717, 1.165) is 17.4 Å². The number of aromatic amines is 1. The molecular weight excluding hydrogens is 282 g/mol. The van der Waals surface area contributed by atoms with Gasteiger partial charge in [0.15, 0.2) is 0 Å². The van der Waals surface area contributed by atoms with Crippen molar-refractivity contribution in [1.82, 2.24) is 35.8 Å². The van der Waals surface area contributed by atoms with Gasteiger partial charge in [0.1, 0.15) is 11.4 Å². The molecular formula is C14H17N7O. The third kappa shape index (κ3) is 2.68. The zero-order chi connectivity index (χ0) is 15.5. The van der Waals surface area contributed by atoms with Crippen LogP contribution in [-0.4, -0.2) is 51.2 Å². The molecule has 3 N–H and O–H groups in total. The molecule has 0 radical (unpaired) electrons. The zero-order valence-electron chi connectivity index (χ0n) is 12.4. The Kier molecular flexibility index (Phi) is 3.84. The second-order valence-corrected chi connectivity index (χ2v) is 4.97. The van der Waals surface area contributed by atoms with Crippen molar-refractivity contribution in [2.75, 3.05) is 20.1 Å². The average Bonchev–Trinajstić information content (AvgIpc) is 3.12. The quantitative estimate of drug-likeness (QED) is 0.589. The Morgan fingerprint density at radius 3 is 2.95 bits per heavy atom. The fraction of sp³-hybridized carbons (Fsp3) is 0.286. The van der Waals surface area contributed by atoms with Crippen molar-refractivity contribution in [2.45, 2.75) is 0 Å². The molecule has 0 saturated heterocycles. The summed E-state index contributed by atoms with van der Waals surface area (Å²) in [6.45, 7) is 1.31. The van der Waals surface area contributed by atoms with E-state index in [9.17, 15) is 4.79 Å². The van der Waals surface area contributed by atoms with Crippen molar-refractivity contribution in [1.29, 1.82) is 0 Å². The summed E-state index contributed by atoms with van der Waals surface area (Å²) in [5, 5.41) is 21.9. The van der Waals surface area contributed by atoms with Crippen molar-refractivity contribution < 1.29 is 4.79 Å². The van der Waals surface area contributed by atoms with Crippen LogP contribution in [0.15, 0.2) is 24.4 Å². The Balaban J connectivity index is 1.93. The summed E-state index contributed by atoms with van der Waals surface area (Å²) in [5.74, 6) is -0.108. The van der Waals surface area contributed by atoms with E-state index in [2.05, 4.69) is 31.1 Å². The van der Waals surface area contributed by atoms with Crippen LogP contribution in [0.5, 0.6) is 0 Å². The third-order valence-corrected chi connectivity index (χ3v) is 3.33. The van der Waals surface area contributed by atoms with Crippen LogP contribution in [0.2, 0.25) is 0 Å². The van der Waals surface area contributed by atoms with Crippen LogP contribution in [0.3, 0.4) is 0 Å². The summed E-state index contributed by atoms with van der Waals surface area (Å²) >= 11 is 0. The molecule has 0 unspecified atom stereocenters. The van der Waals surface area contributed by atoms with E-state index in [4.69, 9.17) is 0 Å². The van der Waals surface area contributed by atoms with Crippen LogP contribution in [0, 0.1) is 0 Å². The van der Waals surface area contributed by atoms with Crippen molar-refractivity contribution in [3.05, 3.63) is 30.0 Å². The number of hydrogen-bond acceptors (Lipinski definition) is 5. The van der Waals surface area contributed by atoms with Gasteiger partial charge in [0.05, 0.1) is 11.7 Å². The van der Waals surface area contributed by atoms with E-state index in [1.54, 1.807) is 24.0 Å². The van der Waals surface area contributed by atoms with Gasteiger partial charge in [0.2, 0.25) is 0 Å². The molecule has 22 heavy (non-hydrogen) atoms. The maximum Gasteiger partial charge on any atom is 0.251 e. The lowest BCUT2D eigenvalue weighted by Crippen LogP contribution is -2.30. The first-order valence-electron chi connectivity index (χ1n) is 6.96. The highest BCUT2D eigenvalue weighted by atomic mass is 16.1. The summed E-state index contributed by atoms with van der Waals surface area (Å²) < 4.78 is 1.62. The molecule has 0 bridgehead atoms. The fourth-order valence-electron chi connectivity index (χ4n) is 2.21. The summed E-state index contributed by atoms with van der Waals surface area (Å²) in [4.78, 5) is 12.1. The largest absolute Gasteiger partial charge is 0.351 e. The van der Waals surface area contributed by atoms with E-state index >= 15 is 0 Å². The molecule has 8 heteroatoms. The first-order valence-corrected chi connectivity index (χ1v) is 6.96. The lowest BCUT2D eigenvalue weighted by Gasteiger charge is -2.04. The number of nitrogens with one attached hydrogen (secondary N) is 3. The minimum atomic E-state index is -0.108. The van der Waals surface area contributed by atoms with Crippen molar-refractivity contribution in [3.8, 4) is 11.4 Å². The van der Waals surface area contributed by atoms with Gasteiger partial charge in [-0.05, 0) is 25.2 Å². The van der Waals surface area contributed by atoms with Crippen LogP contribution < -0.4 is 10.6 Å². The highest BCUT2D eigenvalue weighted by molar-refractivity contribution is 6.01. The number of carbonyl (C=O) groups excluding carboxylic acids is 1. The second kappa shape index (κ2) is 5.94. The first-order chi connectivity index (χ1) is 10.7. The second-order valence-electron chi connectivity index (χ2n) is 4.97.